The Kier molecular flexibility index (Phi) is 6.66. The summed E-state index contributed by atoms with van der Waals surface area (Å²) in [5.74, 6) is -0.161. The molecular weight excluding hydrogens is 378 g/mol. The predicted molar refractivity (Wildman–Crippen MR) is 108 cm³/mol. The van der Waals surface area contributed by atoms with E-state index in [4.69, 9.17) is 4.74 Å². The van der Waals surface area contributed by atoms with E-state index in [9.17, 15) is 13.2 Å². The van der Waals surface area contributed by atoms with E-state index in [0.717, 1.165) is 12.1 Å². The molecule has 0 aliphatic carbocycles. The van der Waals surface area contributed by atoms with E-state index in [0.29, 0.717) is 18.7 Å². The third kappa shape index (κ3) is 5.09. The fourth-order valence-electron chi connectivity index (χ4n) is 3.17. The van der Waals surface area contributed by atoms with Crippen LogP contribution in [0.3, 0.4) is 0 Å². The lowest BCUT2D eigenvalue weighted by molar-refractivity contribution is 0.0791. The fourth-order valence-corrected chi connectivity index (χ4v) is 4.23. The standard InChI is InChI=1S/C20H25N3O4S/c1-27-13-11-21-28(25,26)19-9-5-6-16(14-19)20(24)23-12-10-18(15-23)22-17-7-3-2-4-8-17/h2-9,14,18,21-22H,10-13,15H2,1H3. The van der Waals surface area contributed by atoms with Crippen LogP contribution in [0.5, 0.6) is 0 Å². The molecule has 0 aromatic heterocycles. The fraction of sp³-hybridized carbons (Fsp3) is 0.350. The lowest BCUT2D eigenvalue weighted by Crippen LogP contribution is -2.32. The maximum Gasteiger partial charge on any atom is 0.253 e. The number of ether oxygens (including phenoxy) is 1. The van der Waals surface area contributed by atoms with Crippen LogP contribution in [0.15, 0.2) is 59.5 Å². The average molecular weight is 404 g/mol. The maximum atomic E-state index is 12.8. The van der Waals surface area contributed by atoms with Crippen molar-refractivity contribution in [2.45, 2.75) is 17.4 Å². The highest BCUT2D eigenvalue weighted by Crippen LogP contribution is 2.19. The quantitative estimate of drug-likeness (QED) is 0.658. The molecule has 1 heterocycles. The molecule has 28 heavy (non-hydrogen) atoms. The van der Waals surface area contributed by atoms with Gasteiger partial charge in [-0.25, -0.2) is 13.1 Å². The zero-order chi connectivity index (χ0) is 20.0. The summed E-state index contributed by atoms with van der Waals surface area (Å²) in [6.45, 7) is 1.67. The number of hydrogen-bond donors (Lipinski definition) is 2. The lowest BCUT2D eigenvalue weighted by Gasteiger charge is -2.18. The second-order valence-electron chi connectivity index (χ2n) is 6.67. The molecule has 1 unspecified atom stereocenters. The summed E-state index contributed by atoms with van der Waals surface area (Å²) in [5.41, 5.74) is 1.40. The molecule has 1 aliphatic rings. The SMILES string of the molecule is COCCNS(=O)(=O)c1cccc(C(=O)N2CCC(Nc3ccccc3)C2)c1. The number of likely N-dealkylation sites (tertiary alicyclic amines) is 1. The molecule has 1 fully saturated rings. The first-order valence-corrected chi connectivity index (χ1v) is 10.7. The summed E-state index contributed by atoms with van der Waals surface area (Å²) in [7, 11) is -2.17. The number of anilines is 1. The minimum Gasteiger partial charge on any atom is -0.383 e. The second-order valence-corrected chi connectivity index (χ2v) is 8.43. The smallest absolute Gasteiger partial charge is 0.253 e. The lowest BCUT2D eigenvalue weighted by atomic mass is 10.2. The highest BCUT2D eigenvalue weighted by Gasteiger charge is 2.27. The van der Waals surface area contributed by atoms with Crippen molar-refractivity contribution in [2.24, 2.45) is 0 Å². The van der Waals surface area contributed by atoms with Crippen LogP contribution in [0.4, 0.5) is 5.69 Å². The van der Waals surface area contributed by atoms with Gasteiger partial charge in [0.25, 0.3) is 5.91 Å². The van der Waals surface area contributed by atoms with E-state index in [1.54, 1.807) is 17.0 Å². The summed E-state index contributed by atoms with van der Waals surface area (Å²) >= 11 is 0. The normalized spacial score (nSPS) is 16.9. The number of rotatable bonds is 8. The van der Waals surface area contributed by atoms with E-state index in [2.05, 4.69) is 10.0 Å². The number of para-hydroxylation sites is 1. The van der Waals surface area contributed by atoms with E-state index >= 15 is 0 Å². The van der Waals surface area contributed by atoms with Crippen LogP contribution in [-0.4, -0.2) is 58.6 Å². The van der Waals surface area contributed by atoms with E-state index in [-0.39, 0.29) is 30.0 Å². The second kappa shape index (κ2) is 9.18. The molecular formula is C20H25N3O4S. The Balaban J connectivity index is 1.65. The van der Waals surface area contributed by atoms with Gasteiger partial charge in [0.15, 0.2) is 0 Å². The van der Waals surface area contributed by atoms with Gasteiger partial charge in [0, 0.05) is 44.0 Å². The summed E-state index contributed by atoms with van der Waals surface area (Å²) in [6, 6.07) is 16.2. The molecule has 1 amide bonds. The molecule has 2 N–H and O–H groups in total. The molecule has 150 valence electrons. The van der Waals surface area contributed by atoms with Gasteiger partial charge in [-0.2, -0.15) is 0 Å². The van der Waals surface area contributed by atoms with E-state index in [1.807, 2.05) is 30.3 Å². The highest BCUT2D eigenvalue weighted by molar-refractivity contribution is 7.89. The number of sulfonamides is 1. The van der Waals surface area contributed by atoms with Crippen LogP contribution in [0.25, 0.3) is 0 Å². The first-order chi connectivity index (χ1) is 13.5. The Morgan fingerprint density at radius 1 is 1.18 bits per heavy atom. The zero-order valence-electron chi connectivity index (χ0n) is 15.8. The summed E-state index contributed by atoms with van der Waals surface area (Å²) < 4.78 is 32.0. The predicted octanol–water partition coefficient (Wildman–Crippen LogP) is 1.94. The van der Waals surface area contributed by atoms with Crippen LogP contribution < -0.4 is 10.0 Å². The molecule has 1 atom stereocenters. The molecule has 3 rings (SSSR count). The average Bonchev–Trinajstić information content (AvgIpc) is 3.17. The van der Waals surface area contributed by atoms with Crippen molar-refractivity contribution in [3.05, 3.63) is 60.2 Å². The Bertz CT molecular complexity index is 903. The zero-order valence-corrected chi connectivity index (χ0v) is 16.6. The summed E-state index contributed by atoms with van der Waals surface area (Å²) in [4.78, 5) is 14.7. The van der Waals surface area contributed by atoms with Gasteiger partial charge in [0.1, 0.15) is 0 Å². The maximum absolute atomic E-state index is 12.8. The minimum absolute atomic E-state index is 0.0765. The van der Waals surface area contributed by atoms with E-state index < -0.39 is 10.0 Å². The van der Waals surface area contributed by atoms with Gasteiger partial charge in [-0.3, -0.25) is 4.79 Å². The molecule has 2 aromatic rings. The van der Waals surface area contributed by atoms with Crippen molar-refractivity contribution in [3.8, 4) is 0 Å². The molecule has 1 aliphatic heterocycles. The van der Waals surface area contributed by atoms with Gasteiger partial charge in [-0.05, 0) is 36.8 Å². The number of carbonyl (C=O) groups excluding carboxylic acids is 1. The van der Waals surface area contributed by atoms with Gasteiger partial charge < -0.3 is 15.0 Å². The van der Waals surface area contributed by atoms with Crippen molar-refractivity contribution in [1.82, 2.24) is 9.62 Å². The topological polar surface area (TPSA) is 87.7 Å². The Labute approximate surface area is 165 Å². The van der Waals surface area contributed by atoms with Crippen molar-refractivity contribution in [2.75, 3.05) is 38.7 Å². The number of nitrogens with zero attached hydrogens (tertiary/aromatic N) is 1. The van der Waals surface area contributed by atoms with E-state index in [1.165, 1.54) is 19.2 Å². The number of methoxy groups -OCH3 is 1. The van der Waals surface area contributed by atoms with Gasteiger partial charge >= 0.3 is 0 Å². The minimum atomic E-state index is -3.68. The van der Waals surface area contributed by atoms with Gasteiger partial charge in [-0.1, -0.05) is 24.3 Å². The first kappa shape index (κ1) is 20.3. The molecule has 8 heteroatoms. The van der Waals surface area contributed by atoms with Crippen LogP contribution in [-0.2, 0) is 14.8 Å². The Hall–Kier alpha value is -2.42. The summed E-state index contributed by atoms with van der Waals surface area (Å²) in [5, 5.41) is 3.43. The molecule has 0 radical (unpaired) electrons. The molecule has 2 aromatic carbocycles. The number of nitrogens with one attached hydrogen (secondary N) is 2. The third-order valence-corrected chi connectivity index (χ3v) is 6.07. The third-order valence-electron chi connectivity index (χ3n) is 4.61. The molecule has 0 bridgehead atoms. The van der Waals surface area contributed by atoms with Crippen molar-refractivity contribution in [3.63, 3.8) is 0 Å². The van der Waals surface area contributed by atoms with Crippen LogP contribution >= 0.6 is 0 Å². The molecule has 0 spiro atoms. The van der Waals surface area contributed by atoms with Gasteiger partial charge in [0.05, 0.1) is 11.5 Å². The monoisotopic (exact) mass is 403 g/mol. The van der Waals surface area contributed by atoms with Crippen LogP contribution in [0.1, 0.15) is 16.8 Å². The van der Waals surface area contributed by atoms with Crippen molar-refractivity contribution in [1.29, 1.82) is 0 Å². The molecule has 7 nitrogen and oxygen atoms in total. The number of carbonyl (C=O) groups is 1. The number of benzene rings is 2. The highest BCUT2D eigenvalue weighted by atomic mass is 32.2. The van der Waals surface area contributed by atoms with Crippen molar-refractivity contribution < 1.29 is 17.9 Å². The summed E-state index contributed by atoms with van der Waals surface area (Å²) in [6.07, 6.45) is 0.844. The Morgan fingerprint density at radius 2 is 1.96 bits per heavy atom. The van der Waals surface area contributed by atoms with Crippen molar-refractivity contribution >= 4 is 21.6 Å². The first-order valence-electron chi connectivity index (χ1n) is 9.19. The van der Waals surface area contributed by atoms with Gasteiger partial charge in [0.2, 0.25) is 10.0 Å². The molecule has 0 saturated carbocycles. The largest absolute Gasteiger partial charge is 0.383 e. The molecule has 1 saturated heterocycles. The van der Waals surface area contributed by atoms with Gasteiger partial charge in [-0.15, -0.1) is 0 Å². The van der Waals surface area contributed by atoms with Crippen LogP contribution in [0, 0.1) is 0 Å². The van der Waals surface area contributed by atoms with Crippen LogP contribution in [0.2, 0.25) is 0 Å². The Morgan fingerprint density at radius 3 is 2.71 bits per heavy atom. The number of amides is 1. The number of hydrogen-bond acceptors (Lipinski definition) is 5.